The van der Waals surface area contributed by atoms with Crippen LogP contribution < -0.4 is 10.0 Å². The van der Waals surface area contributed by atoms with Crippen LogP contribution in [0, 0.1) is 0 Å². The number of urea groups is 1. The van der Waals surface area contributed by atoms with Gasteiger partial charge in [0.25, 0.3) is 5.91 Å². The zero-order valence-electron chi connectivity index (χ0n) is 16.8. The van der Waals surface area contributed by atoms with Gasteiger partial charge in [0.05, 0.1) is 11.4 Å². The number of carbonyl (C=O) groups is 2. The molecule has 2 N–H and O–H groups in total. The van der Waals surface area contributed by atoms with E-state index in [2.05, 4.69) is 11.6 Å². The minimum Gasteiger partial charge on any atom is -0.302 e. The minimum atomic E-state index is -3.80. The van der Waals surface area contributed by atoms with Crippen LogP contribution in [0.2, 0.25) is 0 Å². The smallest absolute Gasteiger partial charge is 0.302 e. The van der Waals surface area contributed by atoms with Gasteiger partial charge >= 0.3 is 6.03 Å². The van der Waals surface area contributed by atoms with E-state index < -0.39 is 28.3 Å². The molecule has 11 heteroatoms. The number of guanidine groups is 1. The molecule has 30 heavy (non-hydrogen) atoms. The summed E-state index contributed by atoms with van der Waals surface area (Å²) in [5.41, 5.74) is 2.16. The zero-order valence-corrected chi connectivity index (χ0v) is 17.6. The second-order valence-corrected chi connectivity index (χ2v) is 9.18. The van der Waals surface area contributed by atoms with Gasteiger partial charge in [-0.1, -0.05) is 12.2 Å². The number of anilines is 1. The molecule has 2 atom stereocenters. The van der Waals surface area contributed by atoms with E-state index in [1.807, 2.05) is 6.92 Å². The van der Waals surface area contributed by atoms with Crippen LogP contribution in [0.15, 0.2) is 58.2 Å². The number of nitrogens with two attached hydrogens (primary N) is 1. The van der Waals surface area contributed by atoms with Crippen molar-refractivity contribution in [3.8, 4) is 0 Å². The van der Waals surface area contributed by atoms with E-state index in [1.165, 1.54) is 21.9 Å². The molecule has 0 spiro atoms. The Kier molecular flexibility index (Phi) is 4.47. The molecule has 1 saturated heterocycles. The lowest BCUT2D eigenvalue weighted by molar-refractivity contribution is -0.136. The summed E-state index contributed by atoms with van der Waals surface area (Å²) in [5, 5.41) is 5.17. The number of rotatable bonds is 4. The molecule has 2 unspecified atom stereocenters. The Labute approximate surface area is 174 Å². The molecule has 0 radical (unpaired) electrons. The lowest BCUT2D eigenvalue weighted by Crippen LogP contribution is -2.64. The fourth-order valence-corrected chi connectivity index (χ4v) is 4.39. The minimum absolute atomic E-state index is 0.00177. The molecule has 0 aromatic heterocycles. The summed E-state index contributed by atoms with van der Waals surface area (Å²) >= 11 is 0. The van der Waals surface area contributed by atoms with Crippen molar-refractivity contribution < 1.29 is 18.0 Å². The van der Waals surface area contributed by atoms with Crippen molar-refractivity contribution in [2.75, 3.05) is 18.5 Å². The zero-order chi connectivity index (χ0) is 22.0. The van der Waals surface area contributed by atoms with E-state index in [4.69, 9.17) is 5.14 Å². The summed E-state index contributed by atoms with van der Waals surface area (Å²) in [6.45, 7) is 7.57. The van der Waals surface area contributed by atoms with Gasteiger partial charge in [0, 0.05) is 24.6 Å². The highest BCUT2D eigenvalue weighted by molar-refractivity contribution is 7.89. The molecule has 1 aromatic rings. The normalized spacial score (nSPS) is 23.5. The summed E-state index contributed by atoms with van der Waals surface area (Å²) < 4.78 is 23.1. The van der Waals surface area contributed by atoms with E-state index >= 15 is 0 Å². The number of allylic oxidation sites excluding steroid dienone is 1. The van der Waals surface area contributed by atoms with Crippen molar-refractivity contribution in [1.29, 1.82) is 0 Å². The Morgan fingerprint density at radius 1 is 1.23 bits per heavy atom. The lowest BCUT2D eigenvalue weighted by atomic mass is 10.1. The Morgan fingerprint density at radius 3 is 2.43 bits per heavy atom. The first-order chi connectivity index (χ1) is 14.0. The first-order valence-corrected chi connectivity index (χ1v) is 10.8. The van der Waals surface area contributed by atoms with Gasteiger partial charge in [-0.25, -0.2) is 23.3 Å². The van der Waals surface area contributed by atoms with E-state index in [9.17, 15) is 18.0 Å². The van der Waals surface area contributed by atoms with Crippen molar-refractivity contribution in [2.24, 2.45) is 10.1 Å². The fourth-order valence-electron chi connectivity index (χ4n) is 3.87. The van der Waals surface area contributed by atoms with Gasteiger partial charge in [-0.3, -0.25) is 14.6 Å². The topological polar surface area (TPSA) is 120 Å². The number of imide groups is 1. The molecule has 0 saturated carbocycles. The molecule has 3 aliphatic heterocycles. The van der Waals surface area contributed by atoms with E-state index in [0.29, 0.717) is 17.2 Å². The molecule has 10 nitrogen and oxygen atoms in total. The number of carbonyl (C=O) groups excluding carboxylic acids is 2. The van der Waals surface area contributed by atoms with Gasteiger partial charge in [-0.15, -0.1) is 0 Å². The van der Waals surface area contributed by atoms with Gasteiger partial charge < -0.3 is 9.80 Å². The number of primary sulfonamides is 1. The van der Waals surface area contributed by atoms with E-state index in [-0.39, 0.29) is 17.3 Å². The van der Waals surface area contributed by atoms with Gasteiger partial charge in [0.2, 0.25) is 16.0 Å². The first-order valence-electron chi connectivity index (χ1n) is 9.21. The van der Waals surface area contributed by atoms with Crippen LogP contribution in [-0.2, 0) is 14.8 Å². The third-order valence-corrected chi connectivity index (χ3v) is 6.17. The molecule has 1 fully saturated rings. The van der Waals surface area contributed by atoms with Gasteiger partial charge in [0.1, 0.15) is 0 Å². The number of hydrogen-bond donors (Lipinski definition) is 1. The fraction of sp³-hybridized carbons (Fsp3) is 0.316. The lowest BCUT2D eigenvalue weighted by Gasteiger charge is -2.40. The Hall–Kier alpha value is -3.18. The molecular weight excluding hydrogens is 408 g/mol. The van der Waals surface area contributed by atoms with Crippen molar-refractivity contribution in [3.05, 3.63) is 48.3 Å². The maximum Gasteiger partial charge on any atom is 0.328 e. The predicted octanol–water partition coefficient (Wildman–Crippen LogP) is 0.852. The van der Waals surface area contributed by atoms with Crippen molar-refractivity contribution >= 4 is 33.6 Å². The van der Waals surface area contributed by atoms with Gasteiger partial charge in [-0.05, 0) is 38.1 Å². The summed E-state index contributed by atoms with van der Waals surface area (Å²) in [4.78, 5) is 36.7. The van der Waals surface area contributed by atoms with Gasteiger partial charge in [-0.2, -0.15) is 0 Å². The predicted molar refractivity (Wildman–Crippen MR) is 111 cm³/mol. The quantitative estimate of drug-likeness (QED) is 0.708. The monoisotopic (exact) mass is 430 g/mol. The van der Waals surface area contributed by atoms with Crippen LogP contribution in [0.25, 0.3) is 0 Å². The number of hydrogen-bond acceptors (Lipinski definition) is 7. The number of sulfonamides is 1. The van der Waals surface area contributed by atoms with E-state index in [0.717, 1.165) is 5.70 Å². The average molecular weight is 430 g/mol. The standard InChI is InChI=1S/C19H22N6O4S/c1-11(2)9-24-17(26)15-16(22(4)19(24)27)21-18-23(15)10-12(3)25(18)13-5-7-14(8-6-13)30(20,28)29/h5-8,10,15-16H,1,9H2,2-4H3,(H2,20,28,29). The average Bonchev–Trinajstić information content (AvgIpc) is 3.17. The first kappa shape index (κ1) is 20.1. The third kappa shape index (κ3) is 2.97. The molecule has 0 bridgehead atoms. The SMILES string of the molecule is C=C(C)CN1C(=O)C2C(N=C3N(c4ccc(S(N)(=O)=O)cc4)C(C)=CN32)N(C)C1=O. The highest BCUT2D eigenvalue weighted by atomic mass is 32.2. The highest BCUT2D eigenvalue weighted by Gasteiger charge is 2.54. The molecule has 0 aliphatic carbocycles. The number of fused-ring (bicyclic) bond motifs is 3. The molecule has 158 valence electrons. The molecule has 4 rings (SSSR count). The summed E-state index contributed by atoms with van der Waals surface area (Å²) in [7, 11) is -2.19. The number of amides is 3. The molecule has 3 aliphatic rings. The van der Waals surface area contributed by atoms with Crippen molar-refractivity contribution in [2.45, 2.75) is 31.0 Å². The largest absolute Gasteiger partial charge is 0.328 e. The third-order valence-electron chi connectivity index (χ3n) is 5.24. The molecule has 1 aromatic carbocycles. The molecule has 3 amide bonds. The Balaban J connectivity index is 1.69. The molecule has 3 heterocycles. The number of likely N-dealkylation sites (N-methyl/N-ethyl adjacent to an activating group) is 1. The van der Waals surface area contributed by atoms with Crippen LogP contribution in [-0.4, -0.2) is 66.8 Å². The van der Waals surface area contributed by atoms with Crippen molar-refractivity contribution in [3.63, 3.8) is 0 Å². The summed E-state index contributed by atoms with van der Waals surface area (Å²) in [5.74, 6) is 0.163. The molecular formula is C19H22N6O4S. The Morgan fingerprint density at radius 2 is 1.87 bits per heavy atom. The Bertz CT molecular complexity index is 1120. The van der Waals surface area contributed by atoms with Gasteiger partial charge in [0.15, 0.2) is 12.2 Å². The number of benzene rings is 1. The number of aliphatic imine (C=N–C) groups is 1. The van der Waals surface area contributed by atoms with E-state index in [1.54, 1.807) is 42.1 Å². The number of nitrogens with zero attached hydrogens (tertiary/aromatic N) is 5. The maximum atomic E-state index is 13.1. The van der Waals surface area contributed by atoms with Crippen molar-refractivity contribution in [1.82, 2.24) is 14.7 Å². The van der Waals surface area contributed by atoms with Crippen LogP contribution in [0.4, 0.5) is 10.5 Å². The maximum absolute atomic E-state index is 13.1. The summed E-state index contributed by atoms with van der Waals surface area (Å²) in [6.07, 6.45) is 1.15. The summed E-state index contributed by atoms with van der Waals surface area (Å²) in [6, 6.07) is 4.98. The second kappa shape index (κ2) is 6.67. The van der Waals surface area contributed by atoms with Crippen LogP contribution in [0.3, 0.4) is 0 Å². The second-order valence-electron chi connectivity index (χ2n) is 7.61. The highest BCUT2D eigenvalue weighted by Crippen LogP contribution is 2.36. The van der Waals surface area contributed by atoms with Crippen LogP contribution >= 0.6 is 0 Å². The van der Waals surface area contributed by atoms with Crippen LogP contribution in [0.5, 0.6) is 0 Å². The van der Waals surface area contributed by atoms with Crippen LogP contribution in [0.1, 0.15) is 13.8 Å².